The number of aryl methyl sites for hydroxylation is 1. The van der Waals surface area contributed by atoms with Gasteiger partial charge in [-0.05, 0) is 36.8 Å². The van der Waals surface area contributed by atoms with E-state index in [4.69, 9.17) is 9.84 Å². The molecular formula is C15H12FNO3. The third-order valence-electron chi connectivity index (χ3n) is 2.57. The Kier molecular flexibility index (Phi) is 4.10. The number of pyridine rings is 1. The summed E-state index contributed by atoms with van der Waals surface area (Å²) in [6, 6.07) is 8.06. The van der Waals surface area contributed by atoms with E-state index in [9.17, 15) is 9.18 Å². The summed E-state index contributed by atoms with van der Waals surface area (Å²) in [6.45, 7) is 1.63. The molecule has 20 heavy (non-hydrogen) atoms. The second kappa shape index (κ2) is 5.97. The molecular weight excluding hydrogens is 261 g/mol. The third kappa shape index (κ3) is 3.20. The van der Waals surface area contributed by atoms with Gasteiger partial charge in [0.25, 0.3) is 0 Å². The van der Waals surface area contributed by atoms with Gasteiger partial charge in [-0.15, -0.1) is 0 Å². The maximum absolute atomic E-state index is 13.9. The number of carboxylic acid groups (broad SMARTS) is 1. The summed E-state index contributed by atoms with van der Waals surface area (Å²) >= 11 is 0. The molecule has 5 heteroatoms. The van der Waals surface area contributed by atoms with E-state index in [2.05, 4.69) is 4.98 Å². The molecule has 0 unspecified atom stereocenters. The molecule has 2 rings (SSSR count). The van der Waals surface area contributed by atoms with Gasteiger partial charge in [0.1, 0.15) is 0 Å². The second-order valence-electron chi connectivity index (χ2n) is 4.06. The molecule has 0 aliphatic rings. The van der Waals surface area contributed by atoms with Crippen molar-refractivity contribution in [2.75, 3.05) is 0 Å². The van der Waals surface area contributed by atoms with Crippen molar-refractivity contribution in [3.63, 3.8) is 0 Å². The van der Waals surface area contributed by atoms with Crippen molar-refractivity contribution < 1.29 is 19.0 Å². The highest BCUT2D eigenvalue weighted by Crippen LogP contribution is 2.27. The van der Waals surface area contributed by atoms with Crippen LogP contribution in [-0.2, 0) is 4.79 Å². The van der Waals surface area contributed by atoms with E-state index in [1.165, 1.54) is 18.3 Å². The normalized spacial score (nSPS) is 10.7. The fourth-order valence-electron chi connectivity index (χ4n) is 1.58. The first-order chi connectivity index (χ1) is 9.58. The Morgan fingerprint density at radius 1 is 1.35 bits per heavy atom. The predicted octanol–water partition coefficient (Wildman–Crippen LogP) is 3.42. The maximum atomic E-state index is 13.9. The molecule has 0 saturated heterocycles. The van der Waals surface area contributed by atoms with E-state index in [0.717, 1.165) is 6.08 Å². The van der Waals surface area contributed by atoms with Crippen LogP contribution >= 0.6 is 0 Å². The number of rotatable bonds is 4. The van der Waals surface area contributed by atoms with Crippen LogP contribution in [0.2, 0.25) is 0 Å². The lowest BCUT2D eigenvalue weighted by atomic mass is 10.2. The molecule has 1 aromatic carbocycles. The molecule has 0 fully saturated rings. The summed E-state index contributed by atoms with van der Waals surface area (Å²) in [7, 11) is 0. The average Bonchev–Trinajstić information content (AvgIpc) is 2.43. The summed E-state index contributed by atoms with van der Waals surface area (Å²) in [5.41, 5.74) is 0.914. The highest BCUT2D eigenvalue weighted by atomic mass is 19.1. The number of nitrogens with zero attached hydrogens (tertiary/aromatic N) is 1. The topological polar surface area (TPSA) is 59.4 Å². The van der Waals surface area contributed by atoms with E-state index < -0.39 is 11.8 Å². The first kappa shape index (κ1) is 13.7. The van der Waals surface area contributed by atoms with Crippen molar-refractivity contribution in [2.45, 2.75) is 6.92 Å². The SMILES string of the molecule is Cc1cccc(Oc2ncccc2/C=C/C(=O)O)c1F. The van der Waals surface area contributed by atoms with Gasteiger partial charge in [0.15, 0.2) is 11.6 Å². The summed E-state index contributed by atoms with van der Waals surface area (Å²) in [5, 5.41) is 8.63. The van der Waals surface area contributed by atoms with Crippen LogP contribution < -0.4 is 4.74 Å². The highest BCUT2D eigenvalue weighted by Gasteiger charge is 2.10. The Bertz CT molecular complexity index is 668. The number of carbonyl (C=O) groups is 1. The number of halogens is 1. The zero-order valence-corrected chi connectivity index (χ0v) is 10.7. The third-order valence-corrected chi connectivity index (χ3v) is 2.57. The summed E-state index contributed by atoms with van der Waals surface area (Å²) in [5.74, 6) is -1.35. The highest BCUT2D eigenvalue weighted by molar-refractivity contribution is 5.85. The van der Waals surface area contributed by atoms with Crippen LogP contribution in [0.5, 0.6) is 11.6 Å². The molecule has 4 nitrogen and oxygen atoms in total. The largest absolute Gasteiger partial charge is 0.478 e. The Balaban J connectivity index is 2.34. The monoisotopic (exact) mass is 273 g/mol. The van der Waals surface area contributed by atoms with Crippen molar-refractivity contribution in [3.05, 3.63) is 59.5 Å². The number of hydrogen-bond acceptors (Lipinski definition) is 3. The molecule has 0 aliphatic carbocycles. The lowest BCUT2D eigenvalue weighted by Gasteiger charge is -2.09. The van der Waals surface area contributed by atoms with Crippen LogP contribution in [0.4, 0.5) is 4.39 Å². The first-order valence-electron chi connectivity index (χ1n) is 5.87. The van der Waals surface area contributed by atoms with Gasteiger partial charge in [-0.3, -0.25) is 0 Å². The molecule has 1 aromatic heterocycles. The molecule has 0 bridgehead atoms. The van der Waals surface area contributed by atoms with E-state index in [-0.39, 0.29) is 11.6 Å². The standard InChI is InChI=1S/C15H12FNO3/c1-10-4-2-6-12(14(10)16)20-15-11(5-3-9-17-15)7-8-13(18)19/h2-9H,1H3,(H,18,19)/b8-7+. The molecule has 0 amide bonds. The minimum absolute atomic E-state index is 0.0497. The van der Waals surface area contributed by atoms with Gasteiger partial charge in [0, 0.05) is 17.8 Å². The lowest BCUT2D eigenvalue weighted by Crippen LogP contribution is -1.95. The van der Waals surface area contributed by atoms with Crippen LogP contribution in [0.25, 0.3) is 6.08 Å². The van der Waals surface area contributed by atoms with E-state index in [1.54, 1.807) is 31.2 Å². The molecule has 0 atom stereocenters. The van der Waals surface area contributed by atoms with Crippen molar-refractivity contribution in [2.24, 2.45) is 0 Å². The Hall–Kier alpha value is -2.69. The van der Waals surface area contributed by atoms with Gasteiger partial charge in [-0.2, -0.15) is 0 Å². The fourth-order valence-corrected chi connectivity index (χ4v) is 1.58. The number of carboxylic acids is 1. The zero-order valence-electron chi connectivity index (χ0n) is 10.7. The molecule has 1 heterocycles. The minimum atomic E-state index is -1.08. The van der Waals surface area contributed by atoms with E-state index >= 15 is 0 Å². The summed E-state index contributed by atoms with van der Waals surface area (Å²) < 4.78 is 19.3. The van der Waals surface area contributed by atoms with Gasteiger partial charge in [-0.25, -0.2) is 14.2 Å². The first-order valence-corrected chi connectivity index (χ1v) is 5.87. The fraction of sp³-hybridized carbons (Fsp3) is 0.0667. The average molecular weight is 273 g/mol. The Morgan fingerprint density at radius 2 is 2.15 bits per heavy atom. The zero-order chi connectivity index (χ0) is 14.5. The number of aromatic nitrogens is 1. The van der Waals surface area contributed by atoms with Gasteiger partial charge in [0.05, 0.1) is 0 Å². The van der Waals surface area contributed by atoms with E-state index in [1.807, 2.05) is 0 Å². The van der Waals surface area contributed by atoms with Gasteiger partial charge >= 0.3 is 5.97 Å². The lowest BCUT2D eigenvalue weighted by molar-refractivity contribution is -0.131. The molecule has 1 N–H and O–H groups in total. The van der Waals surface area contributed by atoms with Crippen molar-refractivity contribution in [3.8, 4) is 11.6 Å². The van der Waals surface area contributed by atoms with Crippen molar-refractivity contribution >= 4 is 12.0 Å². The second-order valence-corrected chi connectivity index (χ2v) is 4.06. The van der Waals surface area contributed by atoms with Crippen molar-refractivity contribution in [1.29, 1.82) is 0 Å². The quantitative estimate of drug-likeness (QED) is 0.867. The minimum Gasteiger partial charge on any atom is -0.478 e. The Morgan fingerprint density at radius 3 is 2.90 bits per heavy atom. The molecule has 102 valence electrons. The van der Waals surface area contributed by atoms with Crippen LogP contribution in [-0.4, -0.2) is 16.1 Å². The van der Waals surface area contributed by atoms with Gasteiger partial charge in [0.2, 0.25) is 5.88 Å². The van der Waals surface area contributed by atoms with Crippen LogP contribution in [0, 0.1) is 12.7 Å². The van der Waals surface area contributed by atoms with Crippen LogP contribution in [0.15, 0.2) is 42.6 Å². The van der Waals surface area contributed by atoms with Crippen LogP contribution in [0.1, 0.15) is 11.1 Å². The smallest absolute Gasteiger partial charge is 0.328 e. The summed E-state index contributed by atoms with van der Waals surface area (Å²) in [4.78, 5) is 14.5. The molecule has 2 aromatic rings. The molecule has 0 spiro atoms. The number of hydrogen-bond donors (Lipinski definition) is 1. The van der Waals surface area contributed by atoms with Crippen LogP contribution in [0.3, 0.4) is 0 Å². The molecule has 0 aliphatic heterocycles. The number of benzene rings is 1. The Labute approximate surface area is 115 Å². The number of aliphatic carboxylic acids is 1. The predicted molar refractivity (Wildman–Crippen MR) is 72.1 cm³/mol. The molecule has 0 saturated carbocycles. The van der Waals surface area contributed by atoms with Gasteiger partial charge in [-0.1, -0.05) is 12.1 Å². The number of ether oxygens (including phenoxy) is 1. The van der Waals surface area contributed by atoms with Gasteiger partial charge < -0.3 is 9.84 Å². The van der Waals surface area contributed by atoms with E-state index in [0.29, 0.717) is 11.1 Å². The molecule has 0 radical (unpaired) electrons. The van der Waals surface area contributed by atoms with Crippen molar-refractivity contribution in [1.82, 2.24) is 4.98 Å². The maximum Gasteiger partial charge on any atom is 0.328 e. The summed E-state index contributed by atoms with van der Waals surface area (Å²) in [6.07, 6.45) is 3.80.